The van der Waals surface area contributed by atoms with E-state index in [-0.39, 0.29) is 0 Å². The number of aryl methyl sites for hydroxylation is 2. The molecule has 2 unspecified atom stereocenters. The third-order valence-electron chi connectivity index (χ3n) is 11.2. The first kappa shape index (κ1) is 29.2. The summed E-state index contributed by atoms with van der Waals surface area (Å²) in [6.45, 7) is 2.28. The van der Waals surface area contributed by atoms with Crippen molar-refractivity contribution in [1.29, 1.82) is 0 Å². The average molecular weight is 620 g/mol. The summed E-state index contributed by atoms with van der Waals surface area (Å²) in [7, 11) is 0. The normalized spacial score (nSPS) is 20.9. The van der Waals surface area contributed by atoms with Crippen molar-refractivity contribution >= 4 is 40.0 Å². The van der Waals surface area contributed by atoms with Crippen LogP contribution < -0.4 is 20.9 Å². The molecule has 1 aromatic heterocycles. The van der Waals surface area contributed by atoms with Crippen LogP contribution in [-0.4, -0.2) is 4.98 Å². The Morgan fingerprint density at radius 3 is 2.21 bits per heavy atom. The fraction of sp³-hybridized carbons (Fsp3) is 0.213. The summed E-state index contributed by atoms with van der Waals surface area (Å²) in [5, 5.41) is 5.73. The van der Waals surface area contributed by atoms with Crippen molar-refractivity contribution in [2.75, 3.05) is 0 Å². The van der Waals surface area contributed by atoms with Gasteiger partial charge in [0.05, 0.1) is 11.4 Å². The zero-order valence-corrected chi connectivity index (χ0v) is 27.8. The van der Waals surface area contributed by atoms with Crippen molar-refractivity contribution < 1.29 is 0 Å². The molecule has 234 valence electrons. The lowest BCUT2D eigenvalue weighted by Crippen LogP contribution is -2.43. The maximum absolute atomic E-state index is 5.28. The summed E-state index contributed by atoms with van der Waals surface area (Å²) in [4.78, 5) is 5.28. The lowest BCUT2D eigenvalue weighted by molar-refractivity contribution is 0.681. The molecule has 5 aliphatic carbocycles. The molecule has 1 heterocycles. The molecule has 2 atom stereocenters. The Labute approximate surface area is 283 Å². The van der Waals surface area contributed by atoms with Crippen LogP contribution in [0.5, 0.6) is 0 Å². The van der Waals surface area contributed by atoms with Gasteiger partial charge in [0.1, 0.15) is 0 Å². The SMILES string of the molecule is CCc1cccc2c1=CCCC=2C1=c2ccccc2=C(C2=CC(c3cccc(C4=Cc5ccccc5CC4)n3)=CCC2)C2C=CC=CC12. The molecule has 0 amide bonds. The summed E-state index contributed by atoms with van der Waals surface area (Å²) in [5.41, 5.74) is 15.0. The van der Waals surface area contributed by atoms with Crippen molar-refractivity contribution in [3.8, 4) is 0 Å². The second-order valence-corrected chi connectivity index (χ2v) is 13.8. The lowest BCUT2D eigenvalue weighted by atomic mass is 9.68. The molecule has 1 nitrogen and oxygen atoms in total. The quantitative estimate of drug-likeness (QED) is 0.220. The summed E-state index contributed by atoms with van der Waals surface area (Å²) in [6.07, 6.45) is 26.7. The molecule has 3 aromatic carbocycles. The van der Waals surface area contributed by atoms with Gasteiger partial charge in [0.25, 0.3) is 0 Å². The second-order valence-electron chi connectivity index (χ2n) is 13.8. The van der Waals surface area contributed by atoms with Gasteiger partial charge >= 0.3 is 0 Å². The predicted molar refractivity (Wildman–Crippen MR) is 202 cm³/mol. The Morgan fingerprint density at radius 1 is 0.604 bits per heavy atom. The Bertz CT molecular complexity index is 2390. The third-order valence-corrected chi connectivity index (χ3v) is 11.2. The van der Waals surface area contributed by atoms with Crippen LogP contribution in [0.15, 0.2) is 127 Å². The number of hydrogen-bond acceptors (Lipinski definition) is 1. The largest absolute Gasteiger partial charge is 0.248 e. The van der Waals surface area contributed by atoms with Crippen molar-refractivity contribution in [3.63, 3.8) is 0 Å². The molecule has 9 rings (SSSR count). The molecule has 0 radical (unpaired) electrons. The number of pyridine rings is 1. The summed E-state index contributed by atoms with van der Waals surface area (Å²) >= 11 is 0. The number of aromatic nitrogens is 1. The molecule has 0 bridgehead atoms. The van der Waals surface area contributed by atoms with Crippen molar-refractivity contribution in [2.45, 2.75) is 51.9 Å². The number of rotatable bonds is 5. The standard InChI is InChI=1S/C47H41N/c1-2-31-15-10-23-38-37(31)22-11-24-39(38)47-42-20-7-5-18-40(42)46(41-19-6-8-21-43(41)47)36-17-9-16-34(30-36)44-25-12-26-45(48-44)35-28-27-32-13-3-4-14-33(32)29-35/h3-8,10,12-16,18-23,25-26,29-30,40,42H,2,9,11,17,24,27-28H2,1H3. The summed E-state index contributed by atoms with van der Waals surface area (Å²) < 4.78 is 0. The van der Waals surface area contributed by atoms with E-state index in [0.717, 1.165) is 56.3 Å². The first-order chi connectivity index (χ1) is 23.8. The Balaban J connectivity index is 1.20. The summed E-state index contributed by atoms with van der Waals surface area (Å²) in [6, 6.07) is 31.6. The fourth-order valence-corrected chi connectivity index (χ4v) is 8.92. The van der Waals surface area contributed by atoms with Gasteiger partial charge in [-0.1, -0.05) is 116 Å². The monoisotopic (exact) mass is 619 g/mol. The zero-order valence-electron chi connectivity index (χ0n) is 27.8. The van der Waals surface area contributed by atoms with Gasteiger partial charge in [-0.05, 0) is 140 Å². The van der Waals surface area contributed by atoms with E-state index in [1.54, 1.807) is 5.57 Å². The Kier molecular flexibility index (Phi) is 7.42. The average Bonchev–Trinajstić information content (AvgIpc) is 3.16. The maximum atomic E-state index is 5.28. The minimum Gasteiger partial charge on any atom is -0.248 e. The van der Waals surface area contributed by atoms with E-state index in [1.165, 1.54) is 65.4 Å². The molecular formula is C47H41N. The van der Waals surface area contributed by atoms with Crippen molar-refractivity contribution in [3.05, 3.63) is 176 Å². The van der Waals surface area contributed by atoms with Crippen molar-refractivity contribution in [1.82, 2.24) is 4.98 Å². The van der Waals surface area contributed by atoms with E-state index >= 15 is 0 Å². The second kappa shape index (κ2) is 12.2. The highest BCUT2D eigenvalue weighted by molar-refractivity contribution is 5.95. The van der Waals surface area contributed by atoms with E-state index < -0.39 is 0 Å². The van der Waals surface area contributed by atoms with E-state index in [1.807, 2.05) is 0 Å². The molecule has 1 heteroatoms. The van der Waals surface area contributed by atoms with Gasteiger partial charge in [0.15, 0.2) is 0 Å². The van der Waals surface area contributed by atoms with E-state index in [2.05, 4.69) is 140 Å². The zero-order chi connectivity index (χ0) is 32.0. The minimum absolute atomic E-state index is 0.313. The van der Waals surface area contributed by atoms with Gasteiger partial charge < -0.3 is 0 Å². The van der Waals surface area contributed by atoms with Crippen LogP contribution in [0.3, 0.4) is 0 Å². The number of hydrogen-bond donors (Lipinski definition) is 0. The number of benzene rings is 3. The minimum atomic E-state index is 0.313. The maximum Gasteiger partial charge on any atom is 0.0706 e. The van der Waals surface area contributed by atoms with E-state index in [4.69, 9.17) is 4.98 Å². The molecule has 0 saturated heterocycles. The van der Waals surface area contributed by atoms with Crippen LogP contribution >= 0.6 is 0 Å². The van der Waals surface area contributed by atoms with E-state index in [0.29, 0.717) is 11.8 Å². The number of allylic oxidation sites excluding steroid dienone is 9. The highest BCUT2D eigenvalue weighted by Gasteiger charge is 2.34. The smallest absolute Gasteiger partial charge is 0.0706 e. The molecule has 0 N–H and O–H groups in total. The van der Waals surface area contributed by atoms with Crippen LogP contribution in [0, 0.1) is 11.8 Å². The molecule has 0 aliphatic heterocycles. The Morgan fingerprint density at radius 2 is 1.33 bits per heavy atom. The van der Waals surface area contributed by atoms with Gasteiger partial charge in [-0.25, -0.2) is 4.98 Å². The number of nitrogens with zero attached hydrogens (tertiary/aromatic N) is 1. The molecule has 4 aromatic rings. The van der Waals surface area contributed by atoms with Gasteiger partial charge in [-0.3, -0.25) is 0 Å². The van der Waals surface area contributed by atoms with Crippen LogP contribution in [0.4, 0.5) is 0 Å². The van der Waals surface area contributed by atoms with Gasteiger partial charge in [-0.2, -0.15) is 0 Å². The van der Waals surface area contributed by atoms with Crippen LogP contribution in [0.1, 0.15) is 67.1 Å². The molecule has 48 heavy (non-hydrogen) atoms. The molecule has 5 aliphatic rings. The van der Waals surface area contributed by atoms with Gasteiger partial charge in [0.2, 0.25) is 0 Å². The third kappa shape index (κ3) is 4.96. The Hall–Kier alpha value is -5.01. The van der Waals surface area contributed by atoms with E-state index in [9.17, 15) is 0 Å². The first-order valence-electron chi connectivity index (χ1n) is 17.9. The predicted octanol–water partition coefficient (Wildman–Crippen LogP) is 8.03. The molecular weight excluding hydrogens is 579 g/mol. The van der Waals surface area contributed by atoms with Crippen LogP contribution in [-0.2, 0) is 12.8 Å². The fourth-order valence-electron chi connectivity index (χ4n) is 8.92. The summed E-state index contributed by atoms with van der Waals surface area (Å²) in [5.74, 6) is 0.637. The van der Waals surface area contributed by atoms with Crippen LogP contribution in [0.2, 0.25) is 0 Å². The molecule has 0 saturated carbocycles. The molecule has 0 spiro atoms. The van der Waals surface area contributed by atoms with Crippen LogP contribution in [0.25, 0.3) is 40.0 Å². The topological polar surface area (TPSA) is 12.9 Å². The lowest BCUT2D eigenvalue weighted by Gasteiger charge is -2.36. The first-order valence-corrected chi connectivity index (χ1v) is 17.9. The molecule has 0 fully saturated rings. The van der Waals surface area contributed by atoms with Crippen molar-refractivity contribution in [2.24, 2.45) is 11.8 Å². The highest BCUT2D eigenvalue weighted by Crippen LogP contribution is 2.44. The van der Waals surface area contributed by atoms with Gasteiger partial charge in [0, 0.05) is 11.8 Å². The number of fused-ring (bicyclic) bond motifs is 4. The highest BCUT2D eigenvalue weighted by atomic mass is 14.7. The van der Waals surface area contributed by atoms with Gasteiger partial charge in [-0.15, -0.1) is 0 Å².